The van der Waals surface area contributed by atoms with Crippen LogP contribution in [0.15, 0.2) is 6.07 Å². The van der Waals surface area contributed by atoms with Crippen LogP contribution in [-0.4, -0.2) is 18.2 Å². The van der Waals surface area contributed by atoms with Gasteiger partial charge in [0.15, 0.2) is 11.6 Å². The fourth-order valence-corrected chi connectivity index (χ4v) is 1.23. The second-order valence-corrected chi connectivity index (χ2v) is 3.29. The summed E-state index contributed by atoms with van der Waals surface area (Å²) in [4.78, 5) is 32.2. The molecule has 0 amide bonds. The summed E-state index contributed by atoms with van der Waals surface area (Å²) >= 11 is 0. The van der Waals surface area contributed by atoms with Crippen LogP contribution in [0.5, 0.6) is 0 Å². The van der Waals surface area contributed by atoms with E-state index in [4.69, 9.17) is 0 Å². The van der Waals surface area contributed by atoms with Crippen LogP contribution in [0, 0.1) is 24.4 Å². The van der Waals surface area contributed by atoms with Gasteiger partial charge >= 0.3 is 11.9 Å². The molecule has 1 aromatic rings. The number of benzene rings is 1. The Balaban J connectivity index is 3.10. The monoisotopic (exact) mass is 260 g/mol. The molecular formula is C11H7F3O4. The van der Waals surface area contributed by atoms with Crippen molar-refractivity contribution in [1.29, 1.82) is 0 Å². The number of rotatable bonds is 3. The number of hydrogen-bond acceptors (Lipinski definition) is 4. The van der Waals surface area contributed by atoms with E-state index in [9.17, 15) is 27.6 Å². The van der Waals surface area contributed by atoms with Crippen LogP contribution >= 0.6 is 0 Å². The number of carbonyl (C=O) groups is 3. The molecule has 0 aliphatic rings. The summed E-state index contributed by atoms with van der Waals surface area (Å²) in [6.45, 7) is 0.961. The van der Waals surface area contributed by atoms with Crippen molar-refractivity contribution in [1.82, 2.24) is 0 Å². The normalized spacial score (nSPS) is 10.0. The summed E-state index contributed by atoms with van der Waals surface area (Å²) in [6.07, 6.45) is -0.514. The molecule has 0 aromatic heterocycles. The van der Waals surface area contributed by atoms with Gasteiger partial charge in [0.1, 0.15) is 24.1 Å². The largest absolute Gasteiger partial charge is 0.389 e. The molecule has 7 heteroatoms. The maximum atomic E-state index is 13.3. The van der Waals surface area contributed by atoms with E-state index in [1.165, 1.54) is 0 Å². The first kappa shape index (κ1) is 13.9. The Morgan fingerprint density at radius 2 is 1.89 bits per heavy atom. The van der Waals surface area contributed by atoms with Crippen LogP contribution in [0.3, 0.4) is 0 Å². The molecule has 0 heterocycles. The summed E-state index contributed by atoms with van der Waals surface area (Å²) in [5.74, 6) is -6.91. The molecule has 0 radical (unpaired) electrons. The molecule has 0 bridgehead atoms. The number of ether oxygens (including phenoxy) is 1. The summed E-state index contributed by atoms with van der Waals surface area (Å²) in [5.41, 5.74) is -1.50. The highest BCUT2D eigenvalue weighted by Crippen LogP contribution is 2.20. The number of hydrogen-bond donors (Lipinski definition) is 0. The lowest BCUT2D eigenvalue weighted by Gasteiger charge is -2.07. The molecule has 0 saturated heterocycles. The fourth-order valence-electron chi connectivity index (χ4n) is 1.23. The molecule has 0 aliphatic heterocycles. The van der Waals surface area contributed by atoms with E-state index in [-0.39, 0.29) is 12.4 Å². The van der Waals surface area contributed by atoms with Gasteiger partial charge in [-0.2, -0.15) is 0 Å². The van der Waals surface area contributed by atoms with Crippen molar-refractivity contribution in [2.45, 2.75) is 13.3 Å². The predicted octanol–water partition coefficient (Wildman–Crippen LogP) is 1.68. The van der Waals surface area contributed by atoms with Crippen LogP contribution in [0.1, 0.15) is 22.3 Å². The van der Waals surface area contributed by atoms with Gasteiger partial charge in [-0.3, -0.25) is 4.79 Å². The lowest BCUT2D eigenvalue weighted by atomic mass is 10.1. The van der Waals surface area contributed by atoms with Gasteiger partial charge in [-0.25, -0.2) is 18.0 Å². The molecule has 0 saturated carbocycles. The Morgan fingerprint density at radius 1 is 1.28 bits per heavy atom. The zero-order chi connectivity index (χ0) is 13.9. The Hall–Kier alpha value is -2.18. The highest BCUT2D eigenvalue weighted by atomic mass is 19.2. The zero-order valence-corrected chi connectivity index (χ0v) is 9.13. The van der Waals surface area contributed by atoms with Gasteiger partial charge < -0.3 is 9.53 Å². The molecule has 1 rings (SSSR count). The predicted molar refractivity (Wildman–Crippen MR) is 52.2 cm³/mol. The molecule has 1 aromatic carbocycles. The molecular weight excluding hydrogens is 253 g/mol. The second kappa shape index (κ2) is 5.44. The second-order valence-electron chi connectivity index (χ2n) is 3.29. The van der Waals surface area contributed by atoms with Gasteiger partial charge in [0.25, 0.3) is 0 Å². The molecule has 18 heavy (non-hydrogen) atoms. The van der Waals surface area contributed by atoms with Crippen molar-refractivity contribution in [3.8, 4) is 0 Å². The van der Waals surface area contributed by atoms with Crippen molar-refractivity contribution in [3.63, 3.8) is 0 Å². The van der Waals surface area contributed by atoms with Crippen molar-refractivity contribution < 1.29 is 32.3 Å². The number of esters is 2. The molecule has 96 valence electrons. The lowest BCUT2D eigenvalue weighted by molar-refractivity contribution is -0.139. The minimum Gasteiger partial charge on any atom is -0.389 e. The van der Waals surface area contributed by atoms with Gasteiger partial charge in [0.2, 0.25) is 0 Å². The third-order valence-electron chi connectivity index (χ3n) is 2.07. The van der Waals surface area contributed by atoms with Crippen molar-refractivity contribution in [2.75, 3.05) is 0 Å². The van der Waals surface area contributed by atoms with Crippen molar-refractivity contribution in [3.05, 3.63) is 34.6 Å². The molecule has 0 spiro atoms. The number of halogens is 3. The first-order valence-corrected chi connectivity index (χ1v) is 4.71. The maximum Gasteiger partial charge on any atom is 0.349 e. The minimum absolute atomic E-state index is 0.170. The van der Waals surface area contributed by atoms with E-state index in [2.05, 4.69) is 4.74 Å². The van der Waals surface area contributed by atoms with Crippen LogP contribution in [0.2, 0.25) is 0 Å². The fraction of sp³-hybridized carbons (Fsp3) is 0.182. The Labute approximate surface area is 99.4 Å². The van der Waals surface area contributed by atoms with Crippen molar-refractivity contribution in [2.24, 2.45) is 0 Å². The van der Waals surface area contributed by atoms with Gasteiger partial charge in [0.05, 0.1) is 0 Å². The minimum atomic E-state index is -1.48. The highest BCUT2D eigenvalue weighted by Gasteiger charge is 2.24. The zero-order valence-electron chi connectivity index (χ0n) is 9.13. The van der Waals surface area contributed by atoms with Crippen molar-refractivity contribution >= 4 is 18.2 Å². The third-order valence-corrected chi connectivity index (χ3v) is 2.07. The van der Waals surface area contributed by atoms with E-state index in [0.29, 0.717) is 0 Å². The van der Waals surface area contributed by atoms with Gasteiger partial charge in [0, 0.05) is 11.6 Å². The molecule has 4 nitrogen and oxygen atoms in total. The molecule has 0 unspecified atom stereocenters. The van der Waals surface area contributed by atoms with Crippen LogP contribution in [-0.2, 0) is 14.3 Å². The summed E-state index contributed by atoms with van der Waals surface area (Å²) < 4.78 is 43.3. The quantitative estimate of drug-likeness (QED) is 0.359. The summed E-state index contributed by atoms with van der Waals surface area (Å²) in [6, 6.07) is 0.170. The van der Waals surface area contributed by atoms with Gasteiger partial charge in [-0.05, 0) is 6.92 Å². The average Bonchev–Trinajstić information content (AvgIpc) is 2.26. The first-order valence-electron chi connectivity index (χ1n) is 4.71. The molecule has 0 aliphatic carbocycles. The molecule has 0 atom stereocenters. The Kier molecular flexibility index (Phi) is 4.19. The van der Waals surface area contributed by atoms with E-state index in [1.54, 1.807) is 0 Å². The van der Waals surface area contributed by atoms with Crippen LogP contribution < -0.4 is 0 Å². The van der Waals surface area contributed by atoms with E-state index in [1.807, 2.05) is 0 Å². The van der Waals surface area contributed by atoms with Crippen LogP contribution in [0.25, 0.3) is 0 Å². The standard InChI is InChI=1S/C11H7F3O4/c1-5-9(6(12)4-7(13)10(5)14)11(17)18-8(16)2-3-15/h3-4H,2H2,1H3. The lowest BCUT2D eigenvalue weighted by Crippen LogP contribution is -2.16. The Morgan fingerprint density at radius 3 is 2.44 bits per heavy atom. The van der Waals surface area contributed by atoms with E-state index >= 15 is 0 Å². The van der Waals surface area contributed by atoms with Gasteiger partial charge in [-0.1, -0.05) is 0 Å². The molecule has 0 N–H and O–H groups in total. The molecule has 0 fully saturated rings. The van der Waals surface area contributed by atoms with E-state index in [0.717, 1.165) is 6.92 Å². The van der Waals surface area contributed by atoms with E-state index < -0.39 is 46.9 Å². The summed E-state index contributed by atoms with van der Waals surface area (Å²) in [7, 11) is 0. The number of aldehydes is 1. The average molecular weight is 260 g/mol. The first-order chi connectivity index (χ1) is 8.38. The Bertz CT molecular complexity index is 526. The SMILES string of the molecule is Cc1c(F)c(F)cc(F)c1C(=O)OC(=O)CC=O. The van der Waals surface area contributed by atoms with Crippen LogP contribution in [0.4, 0.5) is 13.2 Å². The highest BCUT2D eigenvalue weighted by molar-refractivity contribution is 6.00. The third kappa shape index (κ3) is 2.73. The van der Waals surface area contributed by atoms with Gasteiger partial charge in [-0.15, -0.1) is 0 Å². The maximum absolute atomic E-state index is 13.3. The topological polar surface area (TPSA) is 60.4 Å². The number of carbonyl (C=O) groups excluding carboxylic acids is 3. The summed E-state index contributed by atoms with van der Waals surface area (Å²) in [5, 5.41) is 0. The smallest absolute Gasteiger partial charge is 0.349 e.